The predicted molar refractivity (Wildman–Crippen MR) is 126 cm³/mol. The van der Waals surface area contributed by atoms with Gasteiger partial charge in [0.15, 0.2) is 0 Å². The minimum atomic E-state index is 0.546. The molecule has 0 radical (unpaired) electrons. The molecule has 0 saturated heterocycles. The summed E-state index contributed by atoms with van der Waals surface area (Å²) < 4.78 is 0. The van der Waals surface area contributed by atoms with Crippen LogP contribution in [0.15, 0.2) is 72.8 Å². The van der Waals surface area contributed by atoms with Gasteiger partial charge in [0, 0.05) is 6.54 Å². The van der Waals surface area contributed by atoms with Crippen molar-refractivity contribution in [3.63, 3.8) is 0 Å². The summed E-state index contributed by atoms with van der Waals surface area (Å²) in [5.74, 6) is 0.546. The Hall–Kier alpha value is -1.90. The summed E-state index contributed by atoms with van der Waals surface area (Å²) in [6.07, 6.45) is 4.12. The molecule has 0 saturated carbocycles. The van der Waals surface area contributed by atoms with Gasteiger partial charge in [-0.15, -0.1) is 0 Å². The van der Waals surface area contributed by atoms with Gasteiger partial charge in [-0.3, -0.25) is 0 Å². The maximum atomic E-state index is 5.31. The lowest BCUT2D eigenvalue weighted by atomic mass is 10.2. The first-order valence-electron chi connectivity index (χ1n) is 10.2. The molecule has 0 fully saturated rings. The summed E-state index contributed by atoms with van der Waals surface area (Å²) in [7, 11) is 1.95. The smallest absolute Gasteiger partial charge is 0.0202 e. The summed E-state index contributed by atoms with van der Waals surface area (Å²) in [5.41, 5.74) is 7.96. The first-order chi connectivity index (χ1) is 13.1. The maximum absolute atomic E-state index is 5.31. The molecule has 2 nitrogen and oxygen atoms in total. The van der Waals surface area contributed by atoms with Crippen molar-refractivity contribution >= 4 is 0 Å². The third-order valence-corrected chi connectivity index (χ3v) is 3.06. The number of benzene rings is 2. The zero-order chi connectivity index (χ0) is 21.3. The van der Waals surface area contributed by atoms with E-state index in [0.29, 0.717) is 5.92 Å². The van der Waals surface area contributed by atoms with Crippen molar-refractivity contribution in [2.45, 2.75) is 55.0 Å². The van der Waals surface area contributed by atoms with E-state index in [2.05, 4.69) is 49.5 Å². The van der Waals surface area contributed by atoms with E-state index in [1.165, 1.54) is 11.1 Å². The summed E-state index contributed by atoms with van der Waals surface area (Å²) in [6.45, 7) is 15.9. The molecule has 3 N–H and O–H groups in total. The third kappa shape index (κ3) is 24.1. The topological polar surface area (TPSA) is 38.0 Å². The zero-order valence-corrected chi connectivity index (χ0v) is 19.0. The largest absolute Gasteiger partial charge is 0.330 e. The molecule has 2 heteroatoms. The molecule has 0 bridgehead atoms. The summed E-state index contributed by atoms with van der Waals surface area (Å²) in [4.78, 5) is 0. The number of aryl methyl sites for hydroxylation is 1. The highest BCUT2D eigenvalue weighted by molar-refractivity contribution is 5.14. The number of hydrogen-bond donors (Lipinski definition) is 2. The molecule has 2 rings (SSSR count). The van der Waals surface area contributed by atoms with E-state index in [4.69, 9.17) is 5.73 Å². The Morgan fingerprint density at radius 1 is 0.889 bits per heavy atom. The van der Waals surface area contributed by atoms with Crippen molar-refractivity contribution in [1.82, 2.24) is 5.32 Å². The van der Waals surface area contributed by atoms with Gasteiger partial charge in [0.2, 0.25) is 0 Å². The zero-order valence-electron chi connectivity index (χ0n) is 19.0. The van der Waals surface area contributed by atoms with E-state index in [1.54, 1.807) is 0 Å². The Kier molecular flexibility index (Phi) is 29.1. The van der Waals surface area contributed by atoms with Crippen LogP contribution < -0.4 is 11.1 Å². The van der Waals surface area contributed by atoms with Crippen molar-refractivity contribution in [1.29, 1.82) is 0 Å². The van der Waals surface area contributed by atoms with Crippen LogP contribution in [0.5, 0.6) is 0 Å². The number of allylic oxidation sites excluding steroid dienone is 1. The Bertz CT molecular complexity index is 492. The minimum Gasteiger partial charge on any atom is -0.330 e. The molecule has 1 unspecified atom stereocenters. The van der Waals surface area contributed by atoms with E-state index in [0.717, 1.165) is 13.1 Å². The van der Waals surface area contributed by atoms with Crippen LogP contribution in [0.4, 0.5) is 0 Å². The quantitative estimate of drug-likeness (QED) is 0.592. The molecule has 0 aliphatic carbocycles. The van der Waals surface area contributed by atoms with Gasteiger partial charge in [-0.1, -0.05) is 113 Å². The van der Waals surface area contributed by atoms with Gasteiger partial charge in [-0.05, 0) is 38.9 Å². The highest BCUT2D eigenvalue weighted by atomic mass is 14.8. The van der Waals surface area contributed by atoms with E-state index >= 15 is 0 Å². The second kappa shape index (κ2) is 26.3. The van der Waals surface area contributed by atoms with Gasteiger partial charge in [-0.2, -0.15) is 0 Å². The number of hydrogen-bond acceptors (Lipinski definition) is 2. The fourth-order valence-electron chi connectivity index (χ4n) is 1.74. The van der Waals surface area contributed by atoms with Crippen molar-refractivity contribution in [2.75, 3.05) is 13.6 Å². The van der Waals surface area contributed by atoms with Crippen molar-refractivity contribution < 1.29 is 0 Å². The minimum absolute atomic E-state index is 0.546. The number of nitrogens with one attached hydrogen (secondary N) is 1. The Morgan fingerprint density at radius 2 is 1.33 bits per heavy atom. The van der Waals surface area contributed by atoms with Gasteiger partial charge >= 0.3 is 0 Å². The predicted octanol–water partition coefficient (Wildman–Crippen LogP) is 6.61. The molecule has 2 aromatic carbocycles. The Morgan fingerprint density at radius 3 is 1.59 bits per heavy atom. The van der Waals surface area contributed by atoms with Crippen molar-refractivity contribution in [3.8, 4) is 0 Å². The van der Waals surface area contributed by atoms with E-state index in [9.17, 15) is 0 Å². The number of nitrogens with two attached hydrogens (primary N) is 1. The van der Waals surface area contributed by atoms with Gasteiger partial charge < -0.3 is 11.1 Å². The lowest BCUT2D eigenvalue weighted by Gasteiger charge is -1.95. The van der Waals surface area contributed by atoms with Crippen LogP contribution in [0, 0.1) is 12.8 Å². The average molecular weight is 373 g/mol. The van der Waals surface area contributed by atoms with Crippen molar-refractivity contribution in [3.05, 3.63) is 83.9 Å². The van der Waals surface area contributed by atoms with Crippen molar-refractivity contribution in [2.24, 2.45) is 11.7 Å². The van der Waals surface area contributed by atoms with E-state index < -0.39 is 0 Å². The first kappa shape index (κ1) is 29.8. The second-order valence-corrected chi connectivity index (χ2v) is 5.41. The summed E-state index contributed by atoms with van der Waals surface area (Å²) in [5, 5.41) is 3.08. The molecular formula is C25H44N2. The number of rotatable bonds is 4. The van der Waals surface area contributed by atoms with Crippen LogP contribution in [0.1, 0.15) is 52.7 Å². The third-order valence-electron chi connectivity index (χ3n) is 3.06. The lowest BCUT2D eigenvalue weighted by Crippen LogP contribution is -2.07. The standard InChI is InChI=1S/C8H11N.C7H8.C6H13N.2C2H6/c1-9-7-8-5-3-2-4-6-8;1-7-5-3-2-4-6-7;1-3-4-6(2)5-7;2*1-2/h2-6,9H,7H2,1H3;2-6H,1H3;3-4,6H,5,7H2,1-2H3;2*1-2H3/b;;4-3-;;. The van der Waals surface area contributed by atoms with Crippen LogP contribution in [-0.4, -0.2) is 13.6 Å². The molecule has 0 spiro atoms. The lowest BCUT2D eigenvalue weighted by molar-refractivity contribution is 0.739. The summed E-state index contributed by atoms with van der Waals surface area (Å²) >= 11 is 0. The van der Waals surface area contributed by atoms with Crippen LogP contribution >= 0.6 is 0 Å². The molecule has 0 aliphatic rings. The fourth-order valence-corrected chi connectivity index (χ4v) is 1.74. The van der Waals surface area contributed by atoms with Crippen LogP contribution in [-0.2, 0) is 6.54 Å². The average Bonchev–Trinajstić information content (AvgIpc) is 2.74. The highest BCUT2D eigenvalue weighted by Gasteiger charge is 1.86. The van der Waals surface area contributed by atoms with Gasteiger partial charge in [0.1, 0.15) is 0 Å². The monoisotopic (exact) mass is 372 g/mol. The molecular weight excluding hydrogens is 328 g/mol. The van der Waals surface area contributed by atoms with Gasteiger partial charge in [0.25, 0.3) is 0 Å². The van der Waals surface area contributed by atoms with Crippen LogP contribution in [0.2, 0.25) is 0 Å². The fraction of sp³-hybridized carbons (Fsp3) is 0.440. The summed E-state index contributed by atoms with van der Waals surface area (Å²) in [6, 6.07) is 20.6. The van der Waals surface area contributed by atoms with Gasteiger partial charge in [-0.25, -0.2) is 0 Å². The Labute approximate surface area is 169 Å². The SMILES string of the molecule is C/C=C\C(C)CN.CC.CC.CNCc1ccccc1.Cc1ccccc1. The maximum Gasteiger partial charge on any atom is 0.0202 e. The van der Waals surface area contributed by atoms with Crippen LogP contribution in [0.3, 0.4) is 0 Å². The molecule has 0 aliphatic heterocycles. The Balaban J connectivity index is -0.000000295. The molecule has 2 aromatic rings. The second-order valence-electron chi connectivity index (χ2n) is 5.41. The van der Waals surface area contributed by atoms with E-state index in [1.807, 2.05) is 84.1 Å². The van der Waals surface area contributed by atoms with E-state index in [-0.39, 0.29) is 0 Å². The molecule has 154 valence electrons. The first-order valence-corrected chi connectivity index (χ1v) is 10.2. The van der Waals surface area contributed by atoms with Crippen LogP contribution in [0.25, 0.3) is 0 Å². The molecule has 27 heavy (non-hydrogen) atoms. The molecule has 0 aromatic heterocycles. The normalized spacial score (nSPS) is 9.81. The molecule has 0 amide bonds. The van der Waals surface area contributed by atoms with Gasteiger partial charge in [0.05, 0.1) is 0 Å². The molecule has 1 atom stereocenters. The molecule has 0 heterocycles. The highest BCUT2D eigenvalue weighted by Crippen LogP contribution is 1.95.